The predicted molar refractivity (Wildman–Crippen MR) is 99.9 cm³/mol. The molecule has 0 aliphatic carbocycles. The van der Waals surface area contributed by atoms with Gasteiger partial charge in [0.05, 0.1) is 6.04 Å². The summed E-state index contributed by atoms with van der Waals surface area (Å²) in [6, 6.07) is -3.53. The van der Waals surface area contributed by atoms with Crippen LogP contribution in [0.1, 0.15) is 33.6 Å². The van der Waals surface area contributed by atoms with Crippen LogP contribution in [0, 0.1) is 0 Å². The third-order valence-corrected chi connectivity index (χ3v) is 3.52. The second-order valence-electron chi connectivity index (χ2n) is 6.16. The molecule has 0 saturated carbocycles. The number of primary amides is 1. The maximum atomic E-state index is 12.2. The molecular formula is C15H30N8O4. The first-order valence-corrected chi connectivity index (χ1v) is 8.47. The summed E-state index contributed by atoms with van der Waals surface area (Å²) in [5.41, 5.74) is 21.1. The molecule has 27 heavy (non-hydrogen) atoms. The lowest BCUT2D eigenvalue weighted by atomic mass is 10.1. The molecule has 0 aromatic carbocycles. The molecule has 154 valence electrons. The predicted octanol–water partition coefficient (Wildman–Crippen LogP) is -3.63. The number of hydrogen-bond donors (Lipinski definition) is 7. The van der Waals surface area contributed by atoms with Gasteiger partial charge in [-0.05, 0) is 33.6 Å². The quantitative estimate of drug-likeness (QED) is 0.107. The molecule has 0 fully saturated rings. The average molecular weight is 386 g/mol. The van der Waals surface area contributed by atoms with E-state index >= 15 is 0 Å². The molecule has 0 aliphatic heterocycles. The normalized spacial score (nSPS) is 14.8. The molecular weight excluding hydrogens is 356 g/mol. The number of nitrogens with one attached hydrogen (secondary N) is 3. The van der Waals surface area contributed by atoms with E-state index < -0.39 is 47.8 Å². The van der Waals surface area contributed by atoms with Crippen LogP contribution in [-0.4, -0.2) is 60.3 Å². The highest BCUT2D eigenvalue weighted by molar-refractivity contribution is 5.94. The van der Waals surface area contributed by atoms with E-state index in [9.17, 15) is 19.2 Å². The smallest absolute Gasteiger partial charge is 0.242 e. The Morgan fingerprint density at radius 1 is 0.852 bits per heavy atom. The summed E-state index contributed by atoms with van der Waals surface area (Å²) in [6.07, 6.45) is 0.659. The van der Waals surface area contributed by atoms with Crippen LogP contribution in [0.25, 0.3) is 0 Å². The van der Waals surface area contributed by atoms with Crippen LogP contribution in [0.2, 0.25) is 0 Å². The van der Waals surface area contributed by atoms with Gasteiger partial charge in [-0.2, -0.15) is 0 Å². The molecule has 0 unspecified atom stereocenters. The molecule has 11 N–H and O–H groups in total. The summed E-state index contributed by atoms with van der Waals surface area (Å²) in [7, 11) is 0. The summed E-state index contributed by atoms with van der Waals surface area (Å²) >= 11 is 0. The highest BCUT2D eigenvalue weighted by Crippen LogP contribution is 1.99. The van der Waals surface area contributed by atoms with Crippen molar-refractivity contribution < 1.29 is 19.2 Å². The van der Waals surface area contributed by atoms with Crippen molar-refractivity contribution in [2.75, 3.05) is 6.54 Å². The van der Waals surface area contributed by atoms with Crippen molar-refractivity contribution in [3.63, 3.8) is 0 Å². The van der Waals surface area contributed by atoms with Crippen molar-refractivity contribution in [2.24, 2.45) is 27.9 Å². The summed E-state index contributed by atoms with van der Waals surface area (Å²) in [5, 5.41) is 7.31. The van der Waals surface area contributed by atoms with E-state index in [1.54, 1.807) is 0 Å². The number of guanidine groups is 1. The van der Waals surface area contributed by atoms with Gasteiger partial charge in [0, 0.05) is 6.54 Å². The second-order valence-corrected chi connectivity index (χ2v) is 6.16. The highest BCUT2D eigenvalue weighted by atomic mass is 16.2. The minimum absolute atomic E-state index is 0.0729. The van der Waals surface area contributed by atoms with Gasteiger partial charge in [-0.3, -0.25) is 24.2 Å². The van der Waals surface area contributed by atoms with Crippen molar-refractivity contribution in [1.82, 2.24) is 16.0 Å². The van der Waals surface area contributed by atoms with Gasteiger partial charge in [-0.15, -0.1) is 0 Å². The van der Waals surface area contributed by atoms with E-state index in [1.165, 1.54) is 20.8 Å². The largest absolute Gasteiger partial charge is 0.370 e. The van der Waals surface area contributed by atoms with E-state index in [2.05, 4.69) is 20.9 Å². The lowest BCUT2D eigenvalue weighted by molar-refractivity contribution is -0.132. The Labute approximate surface area is 157 Å². The fourth-order valence-corrected chi connectivity index (χ4v) is 1.90. The summed E-state index contributed by atoms with van der Waals surface area (Å²) in [6.45, 7) is 4.65. The monoisotopic (exact) mass is 386 g/mol. The van der Waals surface area contributed by atoms with Gasteiger partial charge >= 0.3 is 0 Å². The third kappa shape index (κ3) is 9.99. The average Bonchev–Trinajstić information content (AvgIpc) is 2.56. The van der Waals surface area contributed by atoms with Gasteiger partial charge < -0.3 is 38.9 Å². The Bertz CT molecular complexity index is 574. The van der Waals surface area contributed by atoms with Gasteiger partial charge in [0.1, 0.15) is 18.1 Å². The number of hydrogen-bond acceptors (Lipinski definition) is 6. The van der Waals surface area contributed by atoms with Crippen molar-refractivity contribution in [3.8, 4) is 0 Å². The Balaban J connectivity index is 4.58. The molecule has 0 bridgehead atoms. The molecule has 0 aromatic rings. The molecule has 0 rings (SSSR count). The van der Waals surface area contributed by atoms with Gasteiger partial charge in [-0.25, -0.2) is 0 Å². The van der Waals surface area contributed by atoms with Crippen LogP contribution >= 0.6 is 0 Å². The Hall–Kier alpha value is -2.89. The molecule has 0 spiro atoms. The first-order valence-electron chi connectivity index (χ1n) is 8.47. The van der Waals surface area contributed by atoms with Crippen LogP contribution in [0.5, 0.6) is 0 Å². The van der Waals surface area contributed by atoms with Gasteiger partial charge in [0.15, 0.2) is 5.96 Å². The van der Waals surface area contributed by atoms with Crippen molar-refractivity contribution in [3.05, 3.63) is 0 Å². The Kier molecular flexibility index (Phi) is 10.4. The molecule has 0 saturated heterocycles. The van der Waals surface area contributed by atoms with E-state index in [0.717, 1.165) is 0 Å². The third-order valence-electron chi connectivity index (χ3n) is 3.52. The molecule has 4 atom stereocenters. The Morgan fingerprint density at radius 3 is 1.78 bits per heavy atom. The Morgan fingerprint density at radius 2 is 1.33 bits per heavy atom. The molecule has 12 nitrogen and oxygen atoms in total. The van der Waals surface area contributed by atoms with E-state index in [1.807, 2.05) is 0 Å². The van der Waals surface area contributed by atoms with Crippen molar-refractivity contribution in [2.45, 2.75) is 57.8 Å². The highest BCUT2D eigenvalue weighted by Gasteiger charge is 2.24. The first-order chi connectivity index (χ1) is 12.5. The van der Waals surface area contributed by atoms with Crippen LogP contribution < -0.4 is 38.9 Å². The van der Waals surface area contributed by atoms with E-state index in [0.29, 0.717) is 6.42 Å². The number of amides is 4. The maximum Gasteiger partial charge on any atom is 0.242 e. The SMILES string of the molecule is C[C@H](N)C(=O)N[C@@H](C)C(=O)N[C@@H](C)C(=O)N[C@@H](CCCN=C(N)N)C(N)=O. The molecule has 0 aliphatic rings. The number of nitrogens with zero attached hydrogens (tertiary/aromatic N) is 1. The molecule has 12 heteroatoms. The maximum absolute atomic E-state index is 12.2. The number of carbonyl (C=O) groups excluding carboxylic acids is 4. The van der Waals surface area contributed by atoms with Crippen LogP contribution in [0.4, 0.5) is 0 Å². The zero-order valence-corrected chi connectivity index (χ0v) is 15.8. The zero-order chi connectivity index (χ0) is 21.1. The number of nitrogens with two attached hydrogens (primary N) is 4. The fraction of sp³-hybridized carbons (Fsp3) is 0.667. The zero-order valence-electron chi connectivity index (χ0n) is 15.8. The topological polar surface area (TPSA) is 221 Å². The van der Waals surface area contributed by atoms with Crippen LogP contribution in [0.15, 0.2) is 4.99 Å². The second kappa shape index (κ2) is 11.7. The number of carbonyl (C=O) groups is 4. The number of rotatable bonds is 11. The van der Waals surface area contributed by atoms with Gasteiger partial charge in [0.2, 0.25) is 23.6 Å². The van der Waals surface area contributed by atoms with Crippen molar-refractivity contribution in [1.29, 1.82) is 0 Å². The lowest BCUT2D eigenvalue weighted by Gasteiger charge is -2.21. The summed E-state index contributed by atoms with van der Waals surface area (Å²) in [5.74, 6) is -2.46. The minimum Gasteiger partial charge on any atom is -0.370 e. The first kappa shape index (κ1) is 24.1. The summed E-state index contributed by atoms with van der Waals surface area (Å²) in [4.78, 5) is 51.0. The fourth-order valence-electron chi connectivity index (χ4n) is 1.90. The van der Waals surface area contributed by atoms with Crippen molar-refractivity contribution >= 4 is 29.6 Å². The molecule has 0 heterocycles. The minimum atomic E-state index is -0.952. The van der Waals surface area contributed by atoms with Gasteiger partial charge in [-0.1, -0.05) is 0 Å². The van der Waals surface area contributed by atoms with Crippen LogP contribution in [0.3, 0.4) is 0 Å². The molecule has 0 aromatic heterocycles. The molecule has 4 amide bonds. The van der Waals surface area contributed by atoms with Gasteiger partial charge in [0.25, 0.3) is 0 Å². The standard InChI is InChI=1S/C15H30N8O4/c1-7(16)12(25)21-8(2)13(26)22-9(3)14(27)23-10(11(17)24)5-4-6-20-15(18)19/h7-10H,4-6,16H2,1-3H3,(H2,17,24)(H,21,25)(H,22,26)(H,23,27)(H4,18,19,20)/t7-,8-,9-,10-/m0/s1. The molecule has 0 radical (unpaired) electrons. The van der Waals surface area contributed by atoms with Crippen LogP contribution in [-0.2, 0) is 19.2 Å². The lowest BCUT2D eigenvalue weighted by Crippen LogP contribution is -2.55. The van der Waals surface area contributed by atoms with E-state index in [-0.39, 0.29) is 18.9 Å². The van der Waals surface area contributed by atoms with E-state index in [4.69, 9.17) is 22.9 Å². The summed E-state index contributed by atoms with van der Waals surface area (Å²) < 4.78 is 0. The number of aliphatic imine (C=N–C) groups is 1.